The SMILES string of the molecule is Cc1ccc(NC(=O)c2cc(N)n(C)n2)c(O)c1. The number of rotatable bonds is 2. The highest BCUT2D eigenvalue weighted by molar-refractivity contribution is 6.04. The lowest BCUT2D eigenvalue weighted by atomic mass is 10.2. The summed E-state index contributed by atoms with van der Waals surface area (Å²) in [5.74, 6) is 0.00184. The van der Waals surface area contributed by atoms with Crippen molar-refractivity contribution in [2.24, 2.45) is 7.05 Å². The molecule has 6 heteroatoms. The van der Waals surface area contributed by atoms with Crippen LogP contribution in [0.15, 0.2) is 24.3 Å². The third kappa shape index (κ3) is 2.27. The van der Waals surface area contributed by atoms with Crippen LogP contribution in [0.2, 0.25) is 0 Å². The van der Waals surface area contributed by atoms with Crippen LogP contribution in [-0.4, -0.2) is 20.8 Å². The molecule has 18 heavy (non-hydrogen) atoms. The number of amides is 1. The largest absolute Gasteiger partial charge is 0.506 e. The fourth-order valence-corrected chi connectivity index (χ4v) is 1.53. The smallest absolute Gasteiger partial charge is 0.276 e. The van der Waals surface area contributed by atoms with Gasteiger partial charge in [0.25, 0.3) is 5.91 Å². The van der Waals surface area contributed by atoms with Crippen LogP contribution in [0.3, 0.4) is 0 Å². The Balaban J connectivity index is 2.21. The molecule has 0 aliphatic carbocycles. The van der Waals surface area contributed by atoms with Gasteiger partial charge in [-0.1, -0.05) is 6.07 Å². The predicted molar refractivity (Wildman–Crippen MR) is 68.4 cm³/mol. The minimum Gasteiger partial charge on any atom is -0.506 e. The maximum absolute atomic E-state index is 11.9. The van der Waals surface area contributed by atoms with Crippen LogP contribution >= 0.6 is 0 Å². The molecule has 2 rings (SSSR count). The lowest BCUT2D eigenvalue weighted by molar-refractivity contribution is 0.102. The third-order valence-corrected chi connectivity index (χ3v) is 2.55. The third-order valence-electron chi connectivity index (χ3n) is 2.55. The minimum absolute atomic E-state index is 0.0206. The maximum atomic E-state index is 11.9. The molecule has 1 amide bonds. The molecule has 0 bridgehead atoms. The number of nitrogen functional groups attached to an aromatic ring is 1. The number of carbonyl (C=O) groups is 1. The average Bonchev–Trinajstić information content (AvgIpc) is 2.63. The zero-order valence-corrected chi connectivity index (χ0v) is 10.1. The number of carbonyl (C=O) groups excluding carboxylic acids is 1. The highest BCUT2D eigenvalue weighted by Gasteiger charge is 2.13. The van der Waals surface area contributed by atoms with Crippen LogP contribution in [0.1, 0.15) is 16.1 Å². The molecule has 4 N–H and O–H groups in total. The van der Waals surface area contributed by atoms with E-state index >= 15 is 0 Å². The lowest BCUT2D eigenvalue weighted by Gasteiger charge is -2.06. The molecule has 6 nitrogen and oxygen atoms in total. The summed E-state index contributed by atoms with van der Waals surface area (Å²) in [4.78, 5) is 11.9. The Bertz CT molecular complexity index is 585. The average molecular weight is 246 g/mol. The number of nitrogens with zero attached hydrogens (tertiary/aromatic N) is 2. The number of phenols is 1. The highest BCUT2D eigenvalue weighted by Crippen LogP contribution is 2.24. The molecule has 1 heterocycles. The van der Waals surface area contributed by atoms with Gasteiger partial charge in [0.2, 0.25) is 0 Å². The molecule has 0 unspecified atom stereocenters. The summed E-state index contributed by atoms with van der Waals surface area (Å²) in [6.07, 6.45) is 0. The van der Waals surface area contributed by atoms with Gasteiger partial charge < -0.3 is 16.2 Å². The molecular weight excluding hydrogens is 232 g/mol. The number of nitrogens with one attached hydrogen (secondary N) is 1. The lowest BCUT2D eigenvalue weighted by Crippen LogP contribution is -2.13. The molecule has 1 aromatic heterocycles. The fraction of sp³-hybridized carbons (Fsp3) is 0.167. The van der Waals surface area contributed by atoms with Crippen LogP contribution in [0.4, 0.5) is 11.5 Å². The molecule has 0 spiro atoms. The number of benzene rings is 1. The van der Waals surface area contributed by atoms with E-state index in [0.717, 1.165) is 5.56 Å². The highest BCUT2D eigenvalue weighted by atomic mass is 16.3. The van der Waals surface area contributed by atoms with E-state index in [1.54, 1.807) is 25.2 Å². The predicted octanol–water partition coefficient (Wildman–Crippen LogP) is 1.27. The second-order valence-corrected chi connectivity index (χ2v) is 4.05. The monoisotopic (exact) mass is 246 g/mol. The van der Waals surface area contributed by atoms with E-state index in [1.165, 1.54) is 10.7 Å². The van der Waals surface area contributed by atoms with Crippen molar-refractivity contribution in [2.45, 2.75) is 6.92 Å². The van der Waals surface area contributed by atoms with Gasteiger partial charge in [-0.15, -0.1) is 0 Å². The Labute approximate surface area is 104 Å². The Morgan fingerprint density at radius 2 is 2.17 bits per heavy atom. The first-order chi connectivity index (χ1) is 8.47. The molecular formula is C12H14N4O2. The Kier molecular flexibility index (Phi) is 2.93. The van der Waals surface area contributed by atoms with E-state index in [2.05, 4.69) is 10.4 Å². The van der Waals surface area contributed by atoms with Crippen LogP contribution in [0, 0.1) is 6.92 Å². The molecule has 0 aliphatic heterocycles. The van der Waals surface area contributed by atoms with Crippen molar-refractivity contribution in [3.63, 3.8) is 0 Å². The molecule has 0 radical (unpaired) electrons. The van der Waals surface area contributed by atoms with Crippen molar-refractivity contribution in [2.75, 3.05) is 11.1 Å². The summed E-state index contributed by atoms with van der Waals surface area (Å²) in [5, 5.41) is 16.2. The number of aryl methyl sites for hydroxylation is 2. The maximum Gasteiger partial charge on any atom is 0.276 e. The molecule has 0 saturated heterocycles. The van der Waals surface area contributed by atoms with Gasteiger partial charge in [0.15, 0.2) is 5.69 Å². The summed E-state index contributed by atoms with van der Waals surface area (Å²) in [6, 6.07) is 6.47. The summed E-state index contributed by atoms with van der Waals surface area (Å²) in [7, 11) is 1.65. The first-order valence-corrected chi connectivity index (χ1v) is 5.38. The second-order valence-electron chi connectivity index (χ2n) is 4.05. The number of aromatic nitrogens is 2. The van der Waals surface area contributed by atoms with E-state index < -0.39 is 5.91 Å². The van der Waals surface area contributed by atoms with Crippen molar-refractivity contribution in [1.29, 1.82) is 0 Å². The van der Waals surface area contributed by atoms with Gasteiger partial charge in [0.1, 0.15) is 11.6 Å². The molecule has 0 atom stereocenters. The van der Waals surface area contributed by atoms with Crippen LogP contribution < -0.4 is 11.1 Å². The number of anilines is 2. The van der Waals surface area contributed by atoms with Crippen molar-refractivity contribution >= 4 is 17.4 Å². The van der Waals surface area contributed by atoms with Gasteiger partial charge in [-0.05, 0) is 24.6 Å². The minimum atomic E-state index is -0.415. The van der Waals surface area contributed by atoms with Crippen LogP contribution in [0.25, 0.3) is 0 Å². The van der Waals surface area contributed by atoms with E-state index in [4.69, 9.17) is 5.73 Å². The molecule has 94 valence electrons. The van der Waals surface area contributed by atoms with Gasteiger partial charge in [0, 0.05) is 13.1 Å². The second kappa shape index (κ2) is 4.40. The number of nitrogens with two attached hydrogens (primary N) is 1. The van der Waals surface area contributed by atoms with Crippen molar-refractivity contribution in [1.82, 2.24) is 9.78 Å². The van der Waals surface area contributed by atoms with E-state index in [0.29, 0.717) is 11.5 Å². The molecule has 1 aromatic carbocycles. The molecule has 0 fully saturated rings. The summed E-state index contributed by atoms with van der Waals surface area (Å²) in [6.45, 7) is 1.85. The topological polar surface area (TPSA) is 93.2 Å². The fourth-order valence-electron chi connectivity index (χ4n) is 1.53. The normalized spacial score (nSPS) is 10.3. The van der Waals surface area contributed by atoms with Crippen LogP contribution in [-0.2, 0) is 7.05 Å². The quantitative estimate of drug-likeness (QED) is 0.695. The van der Waals surface area contributed by atoms with Gasteiger partial charge in [-0.3, -0.25) is 9.48 Å². The van der Waals surface area contributed by atoms with E-state index in [1.807, 2.05) is 6.92 Å². The first kappa shape index (κ1) is 12.0. The Morgan fingerprint density at radius 1 is 1.44 bits per heavy atom. The Hall–Kier alpha value is -2.50. The number of hydrogen-bond donors (Lipinski definition) is 3. The summed E-state index contributed by atoms with van der Waals surface area (Å²) >= 11 is 0. The van der Waals surface area contributed by atoms with E-state index in [-0.39, 0.29) is 11.4 Å². The van der Waals surface area contributed by atoms with Gasteiger partial charge in [-0.2, -0.15) is 5.10 Å². The van der Waals surface area contributed by atoms with Crippen molar-refractivity contribution in [3.05, 3.63) is 35.5 Å². The van der Waals surface area contributed by atoms with Gasteiger partial charge in [-0.25, -0.2) is 0 Å². The molecule has 0 saturated carbocycles. The van der Waals surface area contributed by atoms with Crippen LogP contribution in [0.5, 0.6) is 5.75 Å². The summed E-state index contributed by atoms with van der Waals surface area (Å²) < 4.78 is 1.41. The van der Waals surface area contributed by atoms with Crippen molar-refractivity contribution in [3.8, 4) is 5.75 Å². The van der Waals surface area contributed by atoms with E-state index in [9.17, 15) is 9.90 Å². The number of hydrogen-bond acceptors (Lipinski definition) is 4. The number of aromatic hydroxyl groups is 1. The molecule has 0 aliphatic rings. The zero-order chi connectivity index (χ0) is 13.3. The zero-order valence-electron chi connectivity index (χ0n) is 10.1. The summed E-state index contributed by atoms with van der Waals surface area (Å²) in [5.41, 5.74) is 7.05. The Morgan fingerprint density at radius 3 is 2.72 bits per heavy atom. The standard InChI is InChI=1S/C12H14N4O2/c1-7-3-4-8(10(17)5-7)14-12(18)9-6-11(13)16(2)15-9/h3-6,17H,13H2,1-2H3,(H,14,18). The van der Waals surface area contributed by atoms with Crippen molar-refractivity contribution < 1.29 is 9.90 Å². The molecule has 2 aromatic rings. The van der Waals surface area contributed by atoms with Gasteiger partial charge in [0.05, 0.1) is 5.69 Å². The van der Waals surface area contributed by atoms with Gasteiger partial charge >= 0.3 is 0 Å². The first-order valence-electron chi connectivity index (χ1n) is 5.38. The number of phenolic OH excluding ortho intramolecular Hbond substituents is 1.